The Morgan fingerprint density at radius 3 is 1.04 bits per heavy atom. The van der Waals surface area contributed by atoms with Crippen molar-refractivity contribution in [1.82, 2.24) is 0 Å². The molecule has 1 aliphatic carbocycles. The molecule has 0 N–H and O–H groups in total. The summed E-state index contributed by atoms with van der Waals surface area (Å²) in [5.41, 5.74) is 32.7. The summed E-state index contributed by atoms with van der Waals surface area (Å²) in [5.74, 6) is 0. The van der Waals surface area contributed by atoms with E-state index in [1.165, 1.54) is 117 Å². The van der Waals surface area contributed by atoms with E-state index < -0.39 is 0 Å². The van der Waals surface area contributed by atoms with Crippen LogP contribution < -0.4 is 26.2 Å². The van der Waals surface area contributed by atoms with Crippen molar-refractivity contribution in [2.24, 2.45) is 0 Å². The van der Waals surface area contributed by atoms with E-state index in [0.29, 0.717) is 0 Å². The molecular formula is C88H79BN2. The van der Waals surface area contributed by atoms with Gasteiger partial charge in [0.05, 0.1) is 11.4 Å². The summed E-state index contributed by atoms with van der Waals surface area (Å²) in [6.45, 7) is 23.8. The Morgan fingerprint density at radius 2 is 0.648 bits per heavy atom. The van der Waals surface area contributed by atoms with E-state index >= 15 is 0 Å². The minimum absolute atomic E-state index is 0.0288. The molecule has 3 heteroatoms. The zero-order chi connectivity index (χ0) is 62.6. The number of hydrogen-bond donors (Lipinski definition) is 0. The number of nitrogens with zero attached hydrogens (tertiary/aromatic N) is 2. The first-order valence-electron chi connectivity index (χ1n) is 32.8. The summed E-state index contributed by atoms with van der Waals surface area (Å²) in [4.78, 5) is 5.42. The van der Waals surface area contributed by atoms with Crippen LogP contribution in [-0.2, 0) is 21.7 Å². The molecule has 3 aliphatic rings. The molecule has 0 radical (unpaired) electrons. The van der Waals surface area contributed by atoms with Crippen LogP contribution in [-0.4, -0.2) is 6.71 Å². The predicted octanol–water partition coefficient (Wildman–Crippen LogP) is 22.4. The van der Waals surface area contributed by atoms with E-state index in [1.807, 2.05) is 0 Å². The maximum Gasteiger partial charge on any atom is 0.252 e. The smallest absolute Gasteiger partial charge is 0.252 e. The highest BCUT2D eigenvalue weighted by atomic mass is 15.2. The van der Waals surface area contributed by atoms with Crippen molar-refractivity contribution in [3.05, 3.63) is 295 Å². The molecule has 2 aliphatic heterocycles. The predicted molar refractivity (Wildman–Crippen MR) is 391 cm³/mol. The summed E-state index contributed by atoms with van der Waals surface area (Å²) >= 11 is 0. The first kappa shape index (κ1) is 57.7. The number of hydrogen-bond acceptors (Lipinski definition) is 2. The van der Waals surface area contributed by atoms with Crippen LogP contribution in [0.2, 0.25) is 0 Å². The minimum Gasteiger partial charge on any atom is -0.310 e. The molecule has 12 aromatic carbocycles. The molecule has 12 aromatic rings. The molecule has 0 spiro atoms. The molecule has 2 heterocycles. The van der Waals surface area contributed by atoms with Gasteiger partial charge in [0.25, 0.3) is 6.71 Å². The van der Waals surface area contributed by atoms with Crippen LogP contribution in [0.25, 0.3) is 77.9 Å². The molecule has 0 fully saturated rings. The third-order valence-electron chi connectivity index (χ3n) is 20.2. The summed E-state index contributed by atoms with van der Waals surface area (Å²) in [6.07, 6.45) is 2.27. The second kappa shape index (κ2) is 22.1. The fraction of sp³-hybridized carbons (Fsp3) is 0.182. The van der Waals surface area contributed by atoms with E-state index in [2.05, 4.69) is 352 Å². The van der Waals surface area contributed by atoms with Crippen LogP contribution >= 0.6 is 0 Å². The topological polar surface area (TPSA) is 6.48 Å². The van der Waals surface area contributed by atoms with Gasteiger partial charge in [-0.3, -0.25) is 0 Å². The van der Waals surface area contributed by atoms with Crippen molar-refractivity contribution in [1.29, 1.82) is 0 Å². The van der Waals surface area contributed by atoms with Crippen molar-refractivity contribution >= 4 is 57.2 Å². The monoisotopic (exact) mass is 1170 g/mol. The SMILES string of the molecule is CC(C)(C)c1cc(-c2ccccc2)c(N2c3ccc(-c4ccccc4)cc3B3c4cc(-c5cccc6c5C(C)(C)CCC6(C)C)ccc4N(c4c(-c5ccccc5)cc(C(C)(C)C)cc4-c4ccccc4)c4cc(-c5ccccc5)cc2c43)c(-c2ccccc2)c1. The van der Waals surface area contributed by atoms with Gasteiger partial charge < -0.3 is 9.80 Å². The maximum atomic E-state index is 2.72. The van der Waals surface area contributed by atoms with Gasteiger partial charge >= 0.3 is 0 Å². The Labute approximate surface area is 540 Å². The van der Waals surface area contributed by atoms with Gasteiger partial charge in [0.1, 0.15) is 0 Å². The van der Waals surface area contributed by atoms with E-state index in [1.54, 1.807) is 0 Å². The van der Waals surface area contributed by atoms with E-state index in [-0.39, 0.29) is 28.4 Å². The van der Waals surface area contributed by atoms with Crippen LogP contribution in [0.5, 0.6) is 0 Å². The van der Waals surface area contributed by atoms with E-state index in [4.69, 9.17) is 0 Å². The average molecular weight is 1180 g/mol. The Hall–Kier alpha value is -9.70. The molecule has 15 rings (SSSR count). The van der Waals surface area contributed by atoms with E-state index in [9.17, 15) is 0 Å². The molecule has 444 valence electrons. The summed E-state index contributed by atoms with van der Waals surface area (Å²) in [5, 5.41) is 0. The molecule has 0 bridgehead atoms. The van der Waals surface area contributed by atoms with Gasteiger partial charge in [-0.1, -0.05) is 294 Å². The standard InChI is InChI=1S/C88H79BN2/c1-85(2,3)67-54-70(60-34-21-13-22-35-60)83(71(55-67)61-36-23-14-24-37-61)90-77-46-44-64(58-30-17-11-18-31-58)50-75(77)89-76-51-65(69-42-29-43-74-81(69)88(9,10)49-48-87(74,7)8)45-47-78(76)91(80-53-66(52-79(90)82(80)89)59-32-19-12-20-33-59)84-72(62-38-25-15-26-39-62)56-68(86(4,5)6)57-73(84)63-40-27-16-28-41-63/h11-47,50-57H,48-49H2,1-10H3. The lowest BCUT2D eigenvalue weighted by molar-refractivity contribution is 0.333. The van der Waals surface area contributed by atoms with Gasteiger partial charge in [-0.15, -0.1) is 0 Å². The fourth-order valence-corrected chi connectivity index (χ4v) is 15.2. The molecule has 2 nitrogen and oxygen atoms in total. The molecule has 0 saturated heterocycles. The Bertz CT molecular complexity index is 4610. The summed E-state index contributed by atoms with van der Waals surface area (Å²) < 4.78 is 0. The zero-order valence-electron chi connectivity index (χ0n) is 54.4. The number of anilines is 6. The Kier molecular flexibility index (Phi) is 14.0. The van der Waals surface area contributed by atoms with Crippen LogP contribution in [0, 0.1) is 0 Å². The molecule has 0 aromatic heterocycles. The summed E-state index contributed by atoms with van der Waals surface area (Å²) in [6, 6.07) is 104. The van der Waals surface area contributed by atoms with Crippen LogP contribution in [0.3, 0.4) is 0 Å². The van der Waals surface area contributed by atoms with Crippen LogP contribution in [0.15, 0.2) is 273 Å². The lowest BCUT2D eigenvalue weighted by Crippen LogP contribution is -2.61. The second-order valence-corrected chi connectivity index (χ2v) is 29.1. The highest BCUT2D eigenvalue weighted by Gasteiger charge is 2.47. The third kappa shape index (κ3) is 10.1. The molecule has 0 unspecified atom stereocenters. The molecule has 0 atom stereocenters. The first-order chi connectivity index (χ1) is 43.9. The quantitative estimate of drug-likeness (QED) is 0.133. The molecule has 0 amide bonds. The lowest BCUT2D eigenvalue weighted by Gasteiger charge is -2.46. The van der Waals surface area contributed by atoms with Gasteiger partial charge in [0, 0.05) is 45.0 Å². The van der Waals surface area contributed by atoms with Crippen molar-refractivity contribution < 1.29 is 0 Å². The van der Waals surface area contributed by atoms with Gasteiger partial charge in [-0.2, -0.15) is 0 Å². The average Bonchev–Trinajstić information content (AvgIpc) is 0.692. The number of fused-ring (bicyclic) bond motifs is 5. The molecule has 91 heavy (non-hydrogen) atoms. The zero-order valence-corrected chi connectivity index (χ0v) is 54.4. The van der Waals surface area contributed by atoms with Gasteiger partial charge in [-0.05, 0) is 177 Å². The highest BCUT2D eigenvalue weighted by Crippen LogP contribution is 2.56. The normalized spacial score (nSPS) is 14.5. The maximum absolute atomic E-state index is 2.72. The minimum atomic E-state index is -0.205. The Balaban J connectivity index is 1.15. The number of rotatable bonds is 9. The van der Waals surface area contributed by atoms with Crippen molar-refractivity contribution in [2.75, 3.05) is 9.80 Å². The van der Waals surface area contributed by atoms with Crippen molar-refractivity contribution in [3.8, 4) is 77.9 Å². The fourth-order valence-electron chi connectivity index (χ4n) is 15.2. The van der Waals surface area contributed by atoms with Crippen LogP contribution in [0.1, 0.15) is 104 Å². The van der Waals surface area contributed by atoms with Crippen molar-refractivity contribution in [3.63, 3.8) is 0 Å². The van der Waals surface area contributed by atoms with Gasteiger partial charge in [0.2, 0.25) is 0 Å². The second-order valence-electron chi connectivity index (χ2n) is 29.1. The van der Waals surface area contributed by atoms with Crippen molar-refractivity contribution in [2.45, 2.75) is 104 Å². The largest absolute Gasteiger partial charge is 0.310 e. The summed E-state index contributed by atoms with van der Waals surface area (Å²) in [7, 11) is 0. The highest BCUT2D eigenvalue weighted by molar-refractivity contribution is 7.00. The third-order valence-corrected chi connectivity index (χ3v) is 20.2. The Morgan fingerprint density at radius 1 is 0.297 bits per heavy atom. The lowest BCUT2D eigenvalue weighted by atomic mass is 9.33. The number of benzene rings is 12. The first-order valence-corrected chi connectivity index (χ1v) is 32.8. The van der Waals surface area contributed by atoms with Gasteiger partial charge in [0.15, 0.2) is 0 Å². The van der Waals surface area contributed by atoms with Crippen LogP contribution in [0.4, 0.5) is 34.1 Å². The van der Waals surface area contributed by atoms with E-state index in [0.717, 1.165) is 46.7 Å². The molecule has 0 saturated carbocycles. The van der Waals surface area contributed by atoms with Gasteiger partial charge in [-0.25, -0.2) is 0 Å². The molecular weight excluding hydrogens is 1100 g/mol.